The predicted octanol–water partition coefficient (Wildman–Crippen LogP) is 2.28. The van der Waals surface area contributed by atoms with E-state index in [1.54, 1.807) is 29.8 Å². The summed E-state index contributed by atoms with van der Waals surface area (Å²) >= 11 is 12.3. The fourth-order valence-electron chi connectivity index (χ4n) is 2.87. The van der Waals surface area contributed by atoms with Crippen LogP contribution in [0.2, 0.25) is 10.0 Å². The highest BCUT2D eigenvalue weighted by Crippen LogP contribution is 2.38. The molecule has 7 nitrogen and oxygen atoms in total. The van der Waals surface area contributed by atoms with Gasteiger partial charge >= 0.3 is 0 Å². The summed E-state index contributed by atoms with van der Waals surface area (Å²) in [6.45, 7) is 1.80. The first kappa shape index (κ1) is 17.7. The van der Waals surface area contributed by atoms with Crippen molar-refractivity contribution in [3.63, 3.8) is 0 Å². The number of fused-ring (bicyclic) bond motifs is 1. The summed E-state index contributed by atoms with van der Waals surface area (Å²) in [5, 5.41) is 17.4. The van der Waals surface area contributed by atoms with Crippen LogP contribution in [0.15, 0.2) is 29.5 Å². The zero-order valence-electron chi connectivity index (χ0n) is 13.5. The summed E-state index contributed by atoms with van der Waals surface area (Å²) in [7, 11) is 0. The number of nitrogens with one attached hydrogen (secondary N) is 1. The van der Waals surface area contributed by atoms with Crippen molar-refractivity contribution in [1.82, 2.24) is 14.8 Å². The van der Waals surface area contributed by atoms with Gasteiger partial charge in [-0.05, 0) is 25.5 Å². The average Bonchev–Trinajstić information content (AvgIpc) is 2.94. The van der Waals surface area contributed by atoms with Crippen LogP contribution in [-0.2, 0) is 11.2 Å². The van der Waals surface area contributed by atoms with Gasteiger partial charge < -0.3 is 16.2 Å². The smallest absolute Gasteiger partial charge is 0.248 e. The predicted molar refractivity (Wildman–Crippen MR) is 95.5 cm³/mol. The first-order valence-corrected chi connectivity index (χ1v) is 8.46. The van der Waals surface area contributed by atoms with Crippen LogP contribution in [0.4, 0.5) is 5.95 Å². The lowest BCUT2D eigenvalue weighted by Gasteiger charge is -2.28. The number of allylic oxidation sites excluding steroid dienone is 1. The number of aliphatic hydroxyl groups is 1. The lowest BCUT2D eigenvalue weighted by molar-refractivity contribution is -0.115. The molecule has 0 radical (unpaired) electrons. The molecule has 0 bridgehead atoms. The van der Waals surface area contributed by atoms with Gasteiger partial charge in [0.1, 0.15) is 6.04 Å². The molecule has 0 saturated heterocycles. The summed E-state index contributed by atoms with van der Waals surface area (Å²) in [4.78, 5) is 16.5. The van der Waals surface area contributed by atoms with Crippen LogP contribution in [0, 0.1) is 0 Å². The van der Waals surface area contributed by atoms with Gasteiger partial charge in [0.05, 0.1) is 5.57 Å². The molecule has 1 aromatic carbocycles. The number of aromatic nitrogens is 3. The molecule has 0 saturated carbocycles. The Morgan fingerprint density at radius 2 is 2.20 bits per heavy atom. The van der Waals surface area contributed by atoms with E-state index in [2.05, 4.69) is 15.4 Å². The van der Waals surface area contributed by atoms with Gasteiger partial charge in [0, 0.05) is 34.3 Å². The normalized spacial score (nSPS) is 16.6. The van der Waals surface area contributed by atoms with Crippen LogP contribution in [0.25, 0.3) is 0 Å². The minimum Gasteiger partial charge on any atom is -0.396 e. The standard InChI is InChI=1S/C16H17Cl2N5O2/c1-8-13(15(19)25)14(10-5-4-9(17)7-11(10)18)23-16(20-8)21-12(22-23)3-2-6-24/h4-5,7,14,24H,2-3,6H2,1H3,(H2,19,25)(H,20,21,22)/t14-/m0/s1. The Morgan fingerprint density at radius 3 is 2.84 bits per heavy atom. The highest BCUT2D eigenvalue weighted by atomic mass is 35.5. The van der Waals surface area contributed by atoms with Crippen molar-refractivity contribution in [2.45, 2.75) is 25.8 Å². The topological polar surface area (TPSA) is 106 Å². The first-order chi connectivity index (χ1) is 11.9. The summed E-state index contributed by atoms with van der Waals surface area (Å²) < 4.78 is 1.59. The third-order valence-corrected chi connectivity index (χ3v) is 4.54. The number of nitrogens with two attached hydrogens (primary N) is 1. The van der Waals surface area contributed by atoms with E-state index in [-0.39, 0.29) is 6.61 Å². The quantitative estimate of drug-likeness (QED) is 0.736. The molecule has 25 heavy (non-hydrogen) atoms. The second-order valence-electron chi connectivity index (χ2n) is 5.72. The number of aryl methyl sites for hydroxylation is 1. The number of amides is 1. The molecule has 1 atom stereocenters. The van der Waals surface area contributed by atoms with Gasteiger partial charge in [-0.25, -0.2) is 4.68 Å². The van der Waals surface area contributed by atoms with E-state index in [0.717, 1.165) is 0 Å². The number of nitrogens with zero attached hydrogens (tertiary/aromatic N) is 3. The van der Waals surface area contributed by atoms with Crippen molar-refractivity contribution in [2.24, 2.45) is 5.73 Å². The van der Waals surface area contributed by atoms with Crippen LogP contribution in [0.1, 0.15) is 30.8 Å². The molecule has 3 rings (SSSR count). The molecule has 4 N–H and O–H groups in total. The van der Waals surface area contributed by atoms with Gasteiger partial charge in [-0.3, -0.25) is 4.79 Å². The SMILES string of the molecule is CC1=C(C(N)=O)[C@H](c2ccc(Cl)cc2Cl)n2nc(CCCO)nc2N1. The highest BCUT2D eigenvalue weighted by Gasteiger charge is 2.34. The molecule has 1 aromatic heterocycles. The molecule has 1 amide bonds. The van der Waals surface area contributed by atoms with E-state index in [0.29, 0.717) is 51.5 Å². The number of rotatable bonds is 5. The largest absolute Gasteiger partial charge is 0.396 e. The van der Waals surface area contributed by atoms with Crippen LogP contribution >= 0.6 is 23.2 Å². The first-order valence-electron chi connectivity index (χ1n) is 7.71. The zero-order chi connectivity index (χ0) is 18.1. The number of benzene rings is 1. The minimum atomic E-state index is -0.603. The molecule has 2 heterocycles. The highest BCUT2D eigenvalue weighted by molar-refractivity contribution is 6.35. The third kappa shape index (κ3) is 3.35. The lowest BCUT2D eigenvalue weighted by Crippen LogP contribution is -2.32. The summed E-state index contributed by atoms with van der Waals surface area (Å²) in [6, 6.07) is 4.45. The van der Waals surface area contributed by atoms with Crippen molar-refractivity contribution in [3.8, 4) is 0 Å². The van der Waals surface area contributed by atoms with Crippen LogP contribution in [-0.4, -0.2) is 32.4 Å². The minimum absolute atomic E-state index is 0.0492. The monoisotopic (exact) mass is 381 g/mol. The van der Waals surface area contributed by atoms with Crippen molar-refractivity contribution < 1.29 is 9.90 Å². The number of carbonyl (C=O) groups excluding carboxylic acids is 1. The number of hydrogen-bond acceptors (Lipinski definition) is 5. The van der Waals surface area contributed by atoms with Crippen LogP contribution in [0.3, 0.4) is 0 Å². The molecule has 0 aliphatic carbocycles. The van der Waals surface area contributed by atoms with Crippen LogP contribution < -0.4 is 11.1 Å². The molecule has 0 fully saturated rings. The molecule has 9 heteroatoms. The van der Waals surface area contributed by atoms with Crippen molar-refractivity contribution in [2.75, 3.05) is 11.9 Å². The van der Waals surface area contributed by atoms with E-state index in [9.17, 15) is 4.79 Å². The summed E-state index contributed by atoms with van der Waals surface area (Å²) in [5.74, 6) is 0.482. The van der Waals surface area contributed by atoms with Crippen molar-refractivity contribution in [3.05, 3.63) is 50.9 Å². The number of carbonyl (C=O) groups is 1. The number of primary amides is 1. The number of aliphatic hydroxyl groups excluding tert-OH is 1. The van der Waals surface area contributed by atoms with Gasteiger partial charge in [-0.15, -0.1) is 0 Å². The van der Waals surface area contributed by atoms with Crippen LogP contribution in [0.5, 0.6) is 0 Å². The average molecular weight is 382 g/mol. The Bertz CT molecular complexity index is 862. The van der Waals surface area contributed by atoms with Gasteiger partial charge in [0.15, 0.2) is 5.82 Å². The molecule has 1 aliphatic heterocycles. The molecule has 0 spiro atoms. The number of halogens is 2. The maximum absolute atomic E-state index is 12.1. The molecule has 132 valence electrons. The maximum atomic E-state index is 12.1. The summed E-state index contributed by atoms with van der Waals surface area (Å²) in [5.41, 5.74) is 7.21. The van der Waals surface area contributed by atoms with Crippen molar-refractivity contribution >= 4 is 35.1 Å². The Balaban J connectivity index is 2.15. The Hall–Kier alpha value is -2.09. The molecule has 1 aliphatic rings. The Kier molecular flexibility index (Phi) is 4.99. The summed E-state index contributed by atoms with van der Waals surface area (Å²) in [6.07, 6.45) is 1.06. The van der Waals surface area contributed by atoms with E-state index in [1.165, 1.54) is 0 Å². The van der Waals surface area contributed by atoms with Gasteiger partial charge in [-0.1, -0.05) is 29.3 Å². The van der Waals surface area contributed by atoms with E-state index in [4.69, 9.17) is 34.0 Å². The fraction of sp³-hybridized carbons (Fsp3) is 0.312. The van der Waals surface area contributed by atoms with Gasteiger partial charge in [0.25, 0.3) is 0 Å². The van der Waals surface area contributed by atoms with E-state index >= 15 is 0 Å². The molecule has 2 aromatic rings. The molecular formula is C16H17Cl2N5O2. The zero-order valence-corrected chi connectivity index (χ0v) is 15.0. The Labute approximate surface area is 154 Å². The molecular weight excluding hydrogens is 365 g/mol. The maximum Gasteiger partial charge on any atom is 0.248 e. The fourth-order valence-corrected chi connectivity index (χ4v) is 3.38. The number of hydrogen-bond donors (Lipinski definition) is 3. The second kappa shape index (κ2) is 7.03. The van der Waals surface area contributed by atoms with E-state index in [1.807, 2.05) is 0 Å². The molecule has 0 unspecified atom stereocenters. The lowest BCUT2D eigenvalue weighted by atomic mass is 9.95. The number of anilines is 1. The Morgan fingerprint density at radius 1 is 1.44 bits per heavy atom. The second-order valence-corrected chi connectivity index (χ2v) is 6.56. The van der Waals surface area contributed by atoms with Gasteiger partial charge in [0.2, 0.25) is 11.9 Å². The third-order valence-electron chi connectivity index (χ3n) is 3.98. The van der Waals surface area contributed by atoms with E-state index < -0.39 is 11.9 Å². The van der Waals surface area contributed by atoms with Crippen molar-refractivity contribution in [1.29, 1.82) is 0 Å². The van der Waals surface area contributed by atoms with Gasteiger partial charge in [-0.2, -0.15) is 10.1 Å².